The Bertz CT molecular complexity index is 1190. The highest BCUT2D eigenvalue weighted by atomic mass is 32.2. The van der Waals surface area contributed by atoms with Crippen molar-refractivity contribution in [3.05, 3.63) is 71.8 Å². The SMILES string of the molecule is CON(Cc1ccccc1)C(=O)O[C@@H](C)[C@@H]1[C@@H]([C@@H](C)OC(=O)OCc2ccccc2)C(=O)N1S(=O)(=O)O. The number of hydrogen-bond acceptors (Lipinski definition) is 9. The average molecular weight is 537 g/mol. The molecular weight excluding hydrogens is 508 g/mol. The quantitative estimate of drug-likeness (QED) is 0.208. The van der Waals surface area contributed by atoms with Crippen LogP contribution in [0.1, 0.15) is 25.0 Å². The van der Waals surface area contributed by atoms with E-state index in [0.29, 0.717) is 5.56 Å². The second kappa shape index (κ2) is 12.0. The third-order valence-electron chi connectivity index (χ3n) is 5.74. The lowest BCUT2D eigenvalue weighted by atomic mass is 9.83. The van der Waals surface area contributed by atoms with Gasteiger partial charge in [0.15, 0.2) is 0 Å². The Labute approximate surface area is 214 Å². The summed E-state index contributed by atoms with van der Waals surface area (Å²) >= 11 is 0. The molecule has 0 aliphatic carbocycles. The van der Waals surface area contributed by atoms with Crippen LogP contribution in [0.15, 0.2) is 60.7 Å². The first-order valence-corrected chi connectivity index (χ1v) is 12.7. The normalized spacial score (nSPS) is 18.8. The molecule has 1 saturated heterocycles. The summed E-state index contributed by atoms with van der Waals surface area (Å²) in [5.41, 5.74) is 1.45. The van der Waals surface area contributed by atoms with Crippen LogP contribution in [0.25, 0.3) is 0 Å². The zero-order valence-corrected chi connectivity index (χ0v) is 21.2. The highest BCUT2D eigenvalue weighted by molar-refractivity contribution is 7.84. The van der Waals surface area contributed by atoms with Gasteiger partial charge in [-0.1, -0.05) is 60.7 Å². The third-order valence-corrected chi connectivity index (χ3v) is 6.66. The van der Waals surface area contributed by atoms with Crippen molar-refractivity contribution in [3.8, 4) is 0 Å². The van der Waals surface area contributed by atoms with E-state index in [4.69, 9.17) is 19.0 Å². The Morgan fingerprint density at radius 2 is 1.54 bits per heavy atom. The number of hydroxylamine groups is 2. The van der Waals surface area contributed by atoms with Crippen molar-refractivity contribution in [2.75, 3.05) is 7.11 Å². The fourth-order valence-electron chi connectivity index (χ4n) is 3.95. The van der Waals surface area contributed by atoms with E-state index in [1.165, 1.54) is 21.0 Å². The molecule has 0 saturated carbocycles. The van der Waals surface area contributed by atoms with Crippen molar-refractivity contribution < 1.29 is 46.4 Å². The van der Waals surface area contributed by atoms with E-state index in [2.05, 4.69) is 0 Å². The van der Waals surface area contributed by atoms with Crippen LogP contribution < -0.4 is 0 Å². The molecule has 0 unspecified atom stereocenters. The molecule has 200 valence electrons. The highest BCUT2D eigenvalue weighted by Crippen LogP contribution is 2.36. The van der Waals surface area contributed by atoms with Gasteiger partial charge in [0.05, 0.1) is 13.7 Å². The summed E-state index contributed by atoms with van der Waals surface area (Å²) in [6.07, 6.45) is -4.44. The monoisotopic (exact) mass is 536 g/mol. The molecule has 3 rings (SSSR count). The van der Waals surface area contributed by atoms with Crippen molar-refractivity contribution >= 4 is 28.5 Å². The van der Waals surface area contributed by atoms with Gasteiger partial charge >= 0.3 is 22.6 Å². The van der Waals surface area contributed by atoms with Gasteiger partial charge in [-0.05, 0) is 25.0 Å². The second-order valence-electron chi connectivity index (χ2n) is 8.27. The number of benzene rings is 2. The topological polar surface area (TPSA) is 149 Å². The van der Waals surface area contributed by atoms with E-state index in [-0.39, 0.29) is 17.5 Å². The standard InChI is InChI=1S/C24H28N2O10S/c1-16(36-24(29)34-15-19-12-8-5-9-13-19)20-21(26(22(20)27)37(30,31)32)17(2)35-23(28)25(33-3)14-18-10-6-4-7-11-18/h4-13,16-17,20-21H,14-15H2,1-3H3,(H,30,31,32)/t16-,17+,20-,21-/m1/s1. The van der Waals surface area contributed by atoms with Gasteiger partial charge < -0.3 is 14.2 Å². The predicted octanol–water partition coefficient (Wildman–Crippen LogP) is 2.95. The number of carbonyl (C=O) groups is 3. The smallest absolute Gasteiger partial charge is 0.443 e. The molecule has 37 heavy (non-hydrogen) atoms. The molecule has 0 spiro atoms. The molecule has 2 amide bonds. The Hall–Kier alpha value is -3.68. The molecule has 2 aromatic carbocycles. The minimum atomic E-state index is -4.98. The van der Waals surface area contributed by atoms with Gasteiger partial charge in [0.2, 0.25) is 5.91 Å². The summed E-state index contributed by atoms with van der Waals surface area (Å²) in [5, 5.41) is 0.903. The Kier molecular flexibility index (Phi) is 9.08. The largest absolute Gasteiger partial charge is 0.508 e. The van der Waals surface area contributed by atoms with Crippen LogP contribution in [0.5, 0.6) is 0 Å². The number of nitrogens with zero attached hydrogens (tertiary/aromatic N) is 2. The predicted molar refractivity (Wildman–Crippen MR) is 128 cm³/mol. The first-order valence-electron chi connectivity index (χ1n) is 11.3. The average Bonchev–Trinajstić information content (AvgIpc) is 2.84. The van der Waals surface area contributed by atoms with Gasteiger partial charge in [-0.2, -0.15) is 13.5 Å². The lowest BCUT2D eigenvalue weighted by Gasteiger charge is -2.48. The van der Waals surface area contributed by atoms with E-state index in [1.807, 2.05) is 0 Å². The molecule has 12 nitrogen and oxygen atoms in total. The summed E-state index contributed by atoms with van der Waals surface area (Å²) in [4.78, 5) is 42.6. The summed E-state index contributed by atoms with van der Waals surface area (Å²) < 4.78 is 49.1. The van der Waals surface area contributed by atoms with Gasteiger partial charge in [-0.15, -0.1) is 0 Å². The van der Waals surface area contributed by atoms with Gasteiger partial charge in [-0.25, -0.2) is 13.9 Å². The molecule has 1 N–H and O–H groups in total. The number of carbonyl (C=O) groups excluding carboxylic acids is 3. The fourth-order valence-corrected chi connectivity index (χ4v) is 4.91. The maximum atomic E-state index is 12.7. The summed E-state index contributed by atoms with van der Waals surface area (Å²) in [7, 11) is -3.73. The van der Waals surface area contributed by atoms with Gasteiger partial charge in [0.25, 0.3) is 0 Å². The second-order valence-corrected chi connectivity index (χ2v) is 9.56. The van der Waals surface area contributed by atoms with E-state index in [1.54, 1.807) is 60.7 Å². The molecule has 0 aromatic heterocycles. The van der Waals surface area contributed by atoms with Crippen LogP contribution in [-0.2, 0) is 47.3 Å². The van der Waals surface area contributed by atoms with Crippen LogP contribution in [0.3, 0.4) is 0 Å². The van der Waals surface area contributed by atoms with E-state index >= 15 is 0 Å². The molecule has 1 aliphatic rings. The highest BCUT2D eigenvalue weighted by Gasteiger charge is 2.59. The van der Waals surface area contributed by atoms with Crippen molar-refractivity contribution in [1.29, 1.82) is 0 Å². The molecule has 1 aliphatic heterocycles. The van der Waals surface area contributed by atoms with Crippen LogP contribution >= 0.6 is 0 Å². The zero-order chi connectivity index (χ0) is 27.2. The molecule has 4 atom stereocenters. The maximum absolute atomic E-state index is 12.7. The van der Waals surface area contributed by atoms with Crippen molar-refractivity contribution in [3.63, 3.8) is 0 Å². The Morgan fingerprint density at radius 1 is 0.973 bits per heavy atom. The molecule has 1 heterocycles. The number of amides is 2. The molecule has 2 aromatic rings. The minimum absolute atomic E-state index is 0.0324. The van der Waals surface area contributed by atoms with Gasteiger partial charge in [0.1, 0.15) is 30.8 Å². The first kappa shape index (κ1) is 27.9. The summed E-state index contributed by atoms with van der Waals surface area (Å²) in [6, 6.07) is 16.3. The van der Waals surface area contributed by atoms with Crippen LogP contribution in [0, 0.1) is 5.92 Å². The number of rotatable bonds is 10. The summed E-state index contributed by atoms with van der Waals surface area (Å²) in [6.45, 7) is 2.67. The molecule has 13 heteroatoms. The first-order chi connectivity index (χ1) is 17.5. The maximum Gasteiger partial charge on any atom is 0.508 e. The number of β-lactam (4-membered cyclic amide) rings is 1. The molecule has 0 bridgehead atoms. The Morgan fingerprint density at radius 3 is 2.08 bits per heavy atom. The lowest BCUT2D eigenvalue weighted by Crippen LogP contribution is -2.70. The van der Waals surface area contributed by atoms with E-state index < -0.39 is 52.6 Å². The van der Waals surface area contributed by atoms with Crippen LogP contribution in [0.2, 0.25) is 0 Å². The van der Waals surface area contributed by atoms with Crippen molar-refractivity contribution in [2.24, 2.45) is 5.92 Å². The van der Waals surface area contributed by atoms with E-state index in [0.717, 1.165) is 10.6 Å². The van der Waals surface area contributed by atoms with Crippen molar-refractivity contribution in [1.82, 2.24) is 9.37 Å². The molecule has 1 fully saturated rings. The lowest BCUT2D eigenvalue weighted by molar-refractivity contribution is -0.166. The number of hydrogen-bond donors (Lipinski definition) is 1. The van der Waals surface area contributed by atoms with Gasteiger partial charge in [-0.3, -0.25) is 14.2 Å². The minimum Gasteiger partial charge on any atom is -0.443 e. The fraction of sp³-hybridized carbons (Fsp3) is 0.375. The van der Waals surface area contributed by atoms with Crippen LogP contribution in [0.4, 0.5) is 9.59 Å². The van der Waals surface area contributed by atoms with Crippen molar-refractivity contribution in [2.45, 2.75) is 45.2 Å². The van der Waals surface area contributed by atoms with E-state index in [9.17, 15) is 27.4 Å². The molecular formula is C24H28N2O10S. The Balaban J connectivity index is 1.67. The zero-order valence-electron chi connectivity index (χ0n) is 20.4. The summed E-state index contributed by atoms with van der Waals surface area (Å²) in [5.74, 6) is -2.26. The van der Waals surface area contributed by atoms with Crippen LogP contribution in [-0.4, -0.2) is 65.9 Å². The van der Waals surface area contributed by atoms with Gasteiger partial charge in [0, 0.05) is 0 Å². The third kappa shape index (κ3) is 6.96. The number of ether oxygens (including phenoxy) is 3. The molecule has 0 radical (unpaired) electrons.